The van der Waals surface area contributed by atoms with E-state index in [1.807, 2.05) is 0 Å². The molecule has 0 atom stereocenters. The van der Waals surface area contributed by atoms with E-state index in [1.54, 1.807) is 0 Å². The Morgan fingerprint density at radius 1 is 1.12 bits per heavy atom. The highest BCUT2D eigenvalue weighted by molar-refractivity contribution is 7.75. The molecule has 0 aliphatic heterocycles. The number of thiol groups is 1. The van der Waals surface area contributed by atoms with Crippen molar-refractivity contribution in [3.63, 3.8) is 0 Å². The fourth-order valence-electron chi connectivity index (χ4n) is 1.00. The summed E-state index contributed by atoms with van der Waals surface area (Å²) in [4.78, 5) is 16.5. The lowest BCUT2D eigenvalue weighted by Gasteiger charge is -2.08. The Balaban J connectivity index is 3.64. The maximum absolute atomic E-state index is 13.3. The highest BCUT2D eigenvalue weighted by Gasteiger charge is 2.33. The summed E-state index contributed by atoms with van der Waals surface area (Å²) in [6.45, 7) is 0. The van der Waals surface area contributed by atoms with Crippen LogP contribution in [0.5, 0.6) is 17.2 Å². The summed E-state index contributed by atoms with van der Waals surface area (Å²) >= 11 is 2.96. The Hall–Kier alpha value is -1.84. The van der Waals surface area contributed by atoms with E-state index in [0.717, 1.165) is 0 Å². The van der Waals surface area contributed by atoms with Gasteiger partial charge in [0, 0.05) is 22.0 Å². The fourth-order valence-corrected chi connectivity index (χ4v) is 1.09. The average Bonchev–Trinajstić information content (AvgIpc) is 2.33. The summed E-state index contributed by atoms with van der Waals surface area (Å²) in [5, 5.41) is 8.97. The molecule has 0 aliphatic rings. The van der Waals surface area contributed by atoms with Gasteiger partial charge in [-0.1, -0.05) is 0 Å². The summed E-state index contributed by atoms with van der Waals surface area (Å²) in [5.74, 6) is -10.5. The molecule has 17 heavy (non-hydrogen) atoms. The molecule has 1 N–H and O–H groups in total. The molecule has 0 bridgehead atoms. The van der Waals surface area contributed by atoms with Crippen LogP contribution in [0.15, 0.2) is 0 Å². The number of hydrogen-bond donors (Lipinski definition) is 2. The minimum absolute atomic E-state index is 1.52. The number of aromatic hydroxyl groups is 1. The summed E-state index contributed by atoms with van der Waals surface area (Å²) < 4.78 is 53.9. The van der Waals surface area contributed by atoms with E-state index in [-0.39, 0.29) is 0 Å². The Kier molecular flexibility index (Phi) is 3.89. The van der Waals surface area contributed by atoms with Gasteiger partial charge >= 0.3 is 5.97 Å². The first-order valence-electron chi connectivity index (χ1n) is 3.66. The second kappa shape index (κ2) is 4.99. The van der Waals surface area contributed by atoms with Crippen molar-refractivity contribution >= 4 is 18.9 Å². The molecule has 1 aromatic rings. The van der Waals surface area contributed by atoms with Gasteiger partial charge in [-0.05, 0) is 0 Å². The van der Waals surface area contributed by atoms with E-state index < -0.39 is 40.4 Å². The monoisotopic (exact) mass is 274 g/mol. The Morgan fingerprint density at radius 2 is 1.65 bits per heavy atom. The van der Waals surface area contributed by atoms with Gasteiger partial charge in [0.2, 0.25) is 5.75 Å². The molecular formula is C7H2F4O5S. The predicted octanol–water partition coefficient (Wildman–Crippen LogP) is 2.20. The second-order valence-corrected chi connectivity index (χ2v) is 2.73. The van der Waals surface area contributed by atoms with Gasteiger partial charge in [0.1, 0.15) is 5.56 Å². The van der Waals surface area contributed by atoms with Crippen LogP contribution >= 0.6 is 12.9 Å². The smallest absolute Gasteiger partial charge is 0.356 e. The van der Waals surface area contributed by atoms with Crippen LogP contribution in [0, 0.1) is 11.6 Å². The predicted molar refractivity (Wildman–Crippen MR) is 45.9 cm³/mol. The van der Waals surface area contributed by atoms with E-state index in [0.29, 0.717) is 0 Å². The standard InChI is InChI=1S/C7H2F4O5S/c8-2-1(7(13)16-17)3(9)5(14-10)6(15-11)4(2)12/h12,17H. The number of carbonyl (C=O) groups is 1. The SMILES string of the molecule is O=C(OS)c1c(F)c(O)c(OF)c(OF)c1F. The number of rotatable bonds is 3. The van der Waals surface area contributed by atoms with Crippen molar-refractivity contribution in [2.45, 2.75) is 0 Å². The number of hydrogen-bond acceptors (Lipinski definition) is 6. The van der Waals surface area contributed by atoms with Crippen LogP contribution in [0.3, 0.4) is 0 Å². The third-order valence-electron chi connectivity index (χ3n) is 1.71. The molecular weight excluding hydrogens is 272 g/mol. The maximum Gasteiger partial charge on any atom is 0.356 e. The Labute approximate surface area is 95.9 Å². The lowest BCUT2D eigenvalue weighted by atomic mass is 10.1. The molecule has 0 amide bonds. The zero-order valence-corrected chi connectivity index (χ0v) is 8.43. The van der Waals surface area contributed by atoms with E-state index >= 15 is 0 Å². The molecule has 5 nitrogen and oxygen atoms in total. The third-order valence-corrected chi connectivity index (χ3v) is 1.87. The van der Waals surface area contributed by atoms with Crippen LogP contribution < -0.4 is 9.88 Å². The number of benzene rings is 1. The van der Waals surface area contributed by atoms with Crippen molar-refractivity contribution in [2.75, 3.05) is 0 Å². The van der Waals surface area contributed by atoms with Crippen LogP contribution in [0.2, 0.25) is 0 Å². The topological polar surface area (TPSA) is 65.0 Å². The molecule has 0 unspecified atom stereocenters. The van der Waals surface area contributed by atoms with Gasteiger partial charge in [0.25, 0.3) is 11.5 Å². The zero-order chi connectivity index (χ0) is 13.2. The van der Waals surface area contributed by atoms with Crippen molar-refractivity contribution in [1.29, 1.82) is 0 Å². The second-order valence-electron chi connectivity index (χ2n) is 2.54. The van der Waals surface area contributed by atoms with Crippen molar-refractivity contribution in [2.24, 2.45) is 0 Å². The number of phenols is 1. The largest absolute Gasteiger partial charge is 0.502 e. The summed E-state index contributed by atoms with van der Waals surface area (Å²) in [5.41, 5.74) is -1.52. The Morgan fingerprint density at radius 3 is 2.06 bits per heavy atom. The third kappa shape index (κ3) is 2.02. The molecule has 0 spiro atoms. The van der Waals surface area contributed by atoms with E-state index in [1.165, 1.54) is 0 Å². The first kappa shape index (κ1) is 13.2. The van der Waals surface area contributed by atoms with E-state index in [4.69, 9.17) is 5.11 Å². The molecule has 0 radical (unpaired) electrons. The number of phenolic OH excluding ortho intramolecular Hbond substituents is 1. The van der Waals surface area contributed by atoms with Gasteiger partial charge in [-0.2, -0.15) is 0 Å². The van der Waals surface area contributed by atoms with Crippen LogP contribution in [0.1, 0.15) is 10.4 Å². The lowest BCUT2D eigenvalue weighted by molar-refractivity contribution is -0.0444. The lowest BCUT2D eigenvalue weighted by Crippen LogP contribution is -2.08. The normalized spacial score (nSPS) is 9.94. The summed E-state index contributed by atoms with van der Waals surface area (Å²) in [6, 6.07) is 0. The quantitative estimate of drug-likeness (QED) is 0.502. The van der Waals surface area contributed by atoms with Crippen LogP contribution in [0.4, 0.5) is 17.8 Å². The van der Waals surface area contributed by atoms with Gasteiger partial charge in [-0.25, -0.2) is 13.6 Å². The van der Waals surface area contributed by atoms with Gasteiger partial charge in [-0.15, -0.1) is 0 Å². The van der Waals surface area contributed by atoms with Crippen LogP contribution in [-0.4, -0.2) is 11.1 Å². The van der Waals surface area contributed by atoms with Crippen molar-refractivity contribution in [3.05, 3.63) is 17.2 Å². The number of halogens is 4. The molecule has 0 heterocycles. The molecule has 0 fully saturated rings. The molecule has 10 heteroatoms. The van der Waals surface area contributed by atoms with Gasteiger partial charge < -0.3 is 9.29 Å². The number of carbonyl (C=O) groups excluding carboxylic acids is 1. The van der Waals surface area contributed by atoms with Crippen molar-refractivity contribution < 1.29 is 41.8 Å². The molecule has 1 rings (SSSR count). The first-order valence-corrected chi connectivity index (χ1v) is 4.02. The molecule has 94 valence electrons. The zero-order valence-electron chi connectivity index (χ0n) is 7.54. The Bertz CT molecular complexity index is 466. The minimum atomic E-state index is -1.96. The van der Waals surface area contributed by atoms with Gasteiger partial charge in [-0.3, -0.25) is 9.88 Å². The molecule has 0 saturated carbocycles. The highest BCUT2D eigenvalue weighted by Crippen LogP contribution is 2.43. The van der Waals surface area contributed by atoms with Crippen LogP contribution in [0.25, 0.3) is 0 Å². The molecule has 0 aliphatic carbocycles. The van der Waals surface area contributed by atoms with E-state index in [2.05, 4.69) is 27.0 Å². The minimum Gasteiger partial charge on any atom is -0.502 e. The molecule has 1 aromatic carbocycles. The summed E-state index contributed by atoms with van der Waals surface area (Å²) in [7, 11) is 0. The van der Waals surface area contributed by atoms with Crippen LogP contribution in [-0.2, 0) is 4.18 Å². The van der Waals surface area contributed by atoms with Crippen molar-refractivity contribution in [3.8, 4) is 17.2 Å². The van der Waals surface area contributed by atoms with E-state index in [9.17, 15) is 22.6 Å². The highest BCUT2D eigenvalue weighted by atomic mass is 32.1. The molecule has 0 saturated heterocycles. The first-order chi connectivity index (χ1) is 7.99. The van der Waals surface area contributed by atoms with Gasteiger partial charge in [0.15, 0.2) is 11.6 Å². The average molecular weight is 274 g/mol. The van der Waals surface area contributed by atoms with Gasteiger partial charge in [0.05, 0.1) is 0 Å². The summed E-state index contributed by atoms with van der Waals surface area (Å²) in [6.07, 6.45) is 0. The fraction of sp³-hybridized carbons (Fsp3) is 0. The maximum atomic E-state index is 13.3. The molecule has 0 aromatic heterocycles. The van der Waals surface area contributed by atoms with Crippen molar-refractivity contribution in [1.82, 2.24) is 0 Å².